The van der Waals surface area contributed by atoms with Crippen molar-refractivity contribution in [3.8, 4) is 11.1 Å². The lowest BCUT2D eigenvalue weighted by molar-refractivity contribution is 0.845. The van der Waals surface area contributed by atoms with Gasteiger partial charge in [0.1, 0.15) is 0 Å². The number of aryl methyl sites for hydroxylation is 2. The van der Waals surface area contributed by atoms with E-state index in [1.165, 1.54) is 44.3 Å². The average molecular weight is 352 g/mol. The molecule has 3 aromatic carbocycles. The SMILES string of the molecule is Cc1ccc2c(c1)B(c1c(C(C)C)cccc1C(C)C)c1cc(C)ccc1-2. The second-order valence-corrected chi connectivity index (χ2v) is 8.77. The molecule has 4 rings (SSSR count). The van der Waals surface area contributed by atoms with Crippen LogP contribution < -0.4 is 16.4 Å². The molecule has 0 nitrogen and oxygen atoms in total. The lowest BCUT2D eigenvalue weighted by Crippen LogP contribution is -2.52. The molecule has 27 heavy (non-hydrogen) atoms. The summed E-state index contributed by atoms with van der Waals surface area (Å²) in [7, 11) is 0. The van der Waals surface area contributed by atoms with Gasteiger partial charge in [0, 0.05) is 0 Å². The van der Waals surface area contributed by atoms with Crippen LogP contribution in [0.5, 0.6) is 0 Å². The monoisotopic (exact) mass is 352 g/mol. The zero-order chi connectivity index (χ0) is 19.3. The number of hydrogen-bond acceptors (Lipinski definition) is 0. The van der Waals surface area contributed by atoms with Crippen LogP contribution in [0, 0.1) is 13.8 Å². The molecule has 0 aliphatic carbocycles. The van der Waals surface area contributed by atoms with Gasteiger partial charge < -0.3 is 0 Å². The highest BCUT2D eigenvalue weighted by atomic mass is 14.2. The van der Waals surface area contributed by atoms with Crippen molar-refractivity contribution < 1.29 is 0 Å². The summed E-state index contributed by atoms with van der Waals surface area (Å²) in [4.78, 5) is 0. The zero-order valence-electron chi connectivity index (χ0n) is 17.4. The predicted octanol–water partition coefficient (Wildman–Crippen LogP) is 5.05. The minimum Gasteiger partial charge on any atom is -0.0634 e. The molecule has 0 amide bonds. The van der Waals surface area contributed by atoms with Crippen molar-refractivity contribution in [1.29, 1.82) is 0 Å². The molecule has 0 fully saturated rings. The Morgan fingerprint density at radius 1 is 0.630 bits per heavy atom. The summed E-state index contributed by atoms with van der Waals surface area (Å²) < 4.78 is 0. The molecule has 0 radical (unpaired) electrons. The summed E-state index contributed by atoms with van der Waals surface area (Å²) in [6.45, 7) is 14.1. The van der Waals surface area contributed by atoms with Crippen molar-refractivity contribution in [1.82, 2.24) is 0 Å². The molecule has 0 bridgehead atoms. The fourth-order valence-corrected chi connectivity index (χ4v) is 4.75. The summed E-state index contributed by atoms with van der Waals surface area (Å²) in [6.07, 6.45) is 0. The Morgan fingerprint density at radius 3 is 1.48 bits per heavy atom. The lowest BCUT2D eigenvalue weighted by Gasteiger charge is -2.24. The number of benzene rings is 3. The minimum atomic E-state index is 0.339. The van der Waals surface area contributed by atoms with Gasteiger partial charge in [0.15, 0.2) is 0 Å². The first-order valence-electron chi connectivity index (χ1n) is 10.2. The molecule has 136 valence electrons. The van der Waals surface area contributed by atoms with E-state index in [-0.39, 0.29) is 0 Å². The van der Waals surface area contributed by atoms with E-state index in [1.54, 1.807) is 5.46 Å². The van der Waals surface area contributed by atoms with Gasteiger partial charge in [-0.25, -0.2) is 0 Å². The van der Waals surface area contributed by atoms with Crippen LogP contribution in [0.1, 0.15) is 61.8 Å². The van der Waals surface area contributed by atoms with Crippen LogP contribution in [0.3, 0.4) is 0 Å². The van der Waals surface area contributed by atoms with Crippen LogP contribution in [0.15, 0.2) is 54.6 Å². The third-order valence-corrected chi connectivity index (χ3v) is 6.03. The first kappa shape index (κ1) is 18.1. The zero-order valence-corrected chi connectivity index (χ0v) is 17.4. The first-order chi connectivity index (χ1) is 12.9. The highest BCUT2D eigenvalue weighted by Gasteiger charge is 2.36. The van der Waals surface area contributed by atoms with E-state index in [2.05, 4.69) is 96.1 Å². The van der Waals surface area contributed by atoms with Gasteiger partial charge in [-0.3, -0.25) is 0 Å². The maximum atomic E-state index is 2.41. The Hall–Kier alpha value is -2.28. The molecule has 0 saturated heterocycles. The maximum Gasteiger partial charge on any atom is 0.243 e. The molecule has 1 aliphatic heterocycles. The number of fused-ring (bicyclic) bond motifs is 3. The van der Waals surface area contributed by atoms with E-state index in [4.69, 9.17) is 0 Å². The molecular weight excluding hydrogens is 323 g/mol. The van der Waals surface area contributed by atoms with Crippen LogP contribution in [0.4, 0.5) is 0 Å². The van der Waals surface area contributed by atoms with Crippen LogP contribution in [0.25, 0.3) is 11.1 Å². The molecule has 0 spiro atoms. The third kappa shape index (κ3) is 2.94. The molecular formula is C26H29B. The molecule has 1 aliphatic rings. The third-order valence-electron chi connectivity index (χ3n) is 6.03. The van der Waals surface area contributed by atoms with E-state index in [1.807, 2.05) is 0 Å². The van der Waals surface area contributed by atoms with E-state index >= 15 is 0 Å². The van der Waals surface area contributed by atoms with E-state index in [0.29, 0.717) is 18.5 Å². The average Bonchev–Trinajstić information content (AvgIpc) is 2.92. The molecule has 0 unspecified atom stereocenters. The highest BCUT2D eigenvalue weighted by Crippen LogP contribution is 2.28. The predicted molar refractivity (Wildman–Crippen MR) is 121 cm³/mol. The van der Waals surface area contributed by atoms with E-state index in [0.717, 1.165) is 0 Å². The summed E-state index contributed by atoms with van der Waals surface area (Å²) >= 11 is 0. The van der Waals surface area contributed by atoms with Crippen molar-refractivity contribution in [3.05, 3.63) is 76.9 Å². The minimum absolute atomic E-state index is 0.339. The summed E-state index contributed by atoms with van der Waals surface area (Å²) in [5.41, 5.74) is 13.0. The maximum absolute atomic E-state index is 2.41. The quantitative estimate of drug-likeness (QED) is 0.453. The smallest absolute Gasteiger partial charge is 0.0634 e. The highest BCUT2D eigenvalue weighted by molar-refractivity contribution is 6.99. The Morgan fingerprint density at radius 2 is 1.07 bits per heavy atom. The topological polar surface area (TPSA) is 0 Å². The van der Waals surface area contributed by atoms with Gasteiger partial charge in [0.05, 0.1) is 0 Å². The lowest BCUT2D eigenvalue weighted by atomic mass is 9.36. The summed E-state index contributed by atoms with van der Waals surface area (Å²) in [5, 5.41) is 0. The Labute approximate surface area is 164 Å². The van der Waals surface area contributed by atoms with Gasteiger partial charge in [0.25, 0.3) is 0 Å². The van der Waals surface area contributed by atoms with Gasteiger partial charge in [0.2, 0.25) is 6.71 Å². The second-order valence-electron chi connectivity index (χ2n) is 8.77. The fraction of sp³-hybridized carbons (Fsp3) is 0.308. The van der Waals surface area contributed by atoms with Gasteiger partial charge >= 0.3 is 0 Å². The Bertz CT molecular complexity index is 933. The molecule has 3 aromatic rings. The second kappa shape index (κ2) is 6.71. The molecule has 0 saturated carbocycles. The Balaban J connectivity index is 2.09. The van der Waals surface area contributed by atoms with Gasteiger partial charge in [-0.1, -0.05) is 110 Å². The van der Waals surface area contributed by atoms with Crippen LogP contribution in [-0.4, -0.2) is 6.71 Å². The van der Waals surface area contributed by atoms with E-state index in [9.17, 15) is 0 Å². The molecule has 1 heteroatoms. The molecule has 0 aromatic heterocycles. The number of hydrogen-bond donors (Lipinski definition) is 0. The van der Waals surface area contributed by atoms with Crippen molar-refractivity contribution in [2.75, 3.05) is 0 Å². The molecule has 0 atom stereocenters. The molecule has 0 N–H and O–H groups in total. The fourth-order valence-electron chi connectivity index (χ4n) is 4.75. The van der Waals surface area contributed by atoms with Gasteiger partial charge in [-0.2, -0.15) is 0 Å². The van der Waals surface area contributed by atoms with Crippen LogP contribution in [0.2, 0.25) is 0 Å². The number of rotatable bonds is 3. The summed E-state index contributed by atoms with van der Waals surface area (Å²) in [6, 6.07) is 20.9. The van der Waals surface area contributed by atoms with E-state index < -0.39 is 0 Å². The van der Waals surface area contributed by atoms with Crippen molar-refractivity contribution in [2.45, 2.75) is 53.4 Å². The van der Waals surface area contributed by atoms with Crippen molar-refractivity contribution in [2.24, 2.45) is 0 Å². The van der Waals surface area contributed by atoms with Crippen LogP contribution >= 0.6 is 0 Å². The first-order valence-corrected chi connectivity index (χ1v) is 10.2. The molecule has 1 heterocycles. The Kier molecular flexibility index (Phi) is 4.50. The van der Waals surface area contributed by atoms with Crippen molar-refractivity contribution >= 4 is 23.1 Å². The summed E-state index contributed by atoms with van der Waals surface area (Å²) in [5.74, 6) is 1.03. The standard InChI is InChI=1S/C26H29B/c1-16(2)20-8-7-9-21(17(3)4)26(20)27-24-14-18(5)10-12-22(24)23-13-11-19(6)15-25(23)27/h7-17H,1-6H3. The van der Waals surface area contributed by atoms with Crippen LogP contribution in [-0.2, 0) is 0 Å². The van der Waals surface area contributed by atoms with Gasteiger partial charge in [-0.05, 0) is 47.9 Å². The van der Waals surface area contributed by atoms with Crippen molar-refractivity contribution in [3.63, 3.8) is 0 Å². The van der Waals surface area contributed by atoms with Gasteiger partial charge in [-0.15, -0.1) is 0 Å². The normalized spacial score (nSPS) is 12.7. The largest absolute Gasteiger partial charge is 0.243 e.